The molecule has 0 saturated carbocycles. The molecule has 0 aliphatic carbocycles. The smallest absolute Gasteiger partial charge is 0.340 e. The van der Waals surface area contributed by atoms with Gasteiger partial charge in [-0.2, -0.15) is 0 Å². The first-order chi connectivity index (χ1) is 14.7. The van der Waals surface area contributed by atoms with Gasteiger partial charge in [0.15, 0.2) is 5.54 Å². The minimum absolute atomic E-state index is 0.0444. The fourth-order valence-electron chi connectivity index (χ4n) is 3.67. The first-order valence-corrected chi connectivity index (χ1v) is 9.34. The number of aromatic hydroxyl groups is 1. The maximum atomic E-state index is 12.6. The molecule has 1 saturated heterocycles. The highest BCUT2D eigenvalue weighted by Crippen LogP contribution is 2.24. The number of amides is 4. The first kappa shape index (κ1) is 20.1. The van der Waals surface area contributed by atoms with Gasteiger partial charge in [-0.25, -0.2) is 14.6 Å². The number of nitrogens with one attached hydrogen (secondary N) is 3. The molecule has 1 aliphatic rings. The fraction of sp³-hybridized carbons (Fsp3) is 0.250. The third kappa shape index (κ3) is 3.39. The van der Waals surface area contributed by atoms with Crippen LogP contribution in [0.4, 0.5) is 4.79 Å². The van der Waals surface area contributed by atoms with E-state index >= 15 is 0 Å². The number of imidazole rings is 1. The molecule has 4 rings (SSSR count). The van der Waals surface area contributed by atoms with Gasteiger partial charge < -0.3 is 24.7 Å². The number of rotatable bonds is 5. The molecule has 11 nitrogen and oxygen atoms in total. The second kappa shape index (κ2) is 7.27. The second-order valence-electron chi connectivity index (χ2n) is 7.30. The van der Waals surface area contributed by atoms with Crippen molar-refractivity contribution in [1.82, 2.24) is 25.5 Å². The number of hydrogen-bond acceptors (Lipinski definition) is 7. The molecular formula is C20H19N5O6. The van der Waals surface area contributed by atoms with E-state index in [4.69, 9.17) is 4.42 Å². The number of phenols is 1. The Kier molecular flexibility index (Phi) is 4.72. The standard InChI is InChI=1S/C20H19N5O6/c1-10-12-4-3-11(26)7-14(12)31-16(28)13(10)8-15(27)22-9-20(17-21-5-6-25(17)2)18(29)23-19(30)24-20/h3-7,26H,8-9H2,1-2H3,(H,22,27)(H2,23,24,29,30). The van der Waals surface area contributed by atoms with Crippen molar-refractivity contribution in [3.63, 3.8) is 0 Å². The Morgan fingerprint density at radius 1 is 1.32 bits per heavy atom. The van der Waals surface area contributed by atoms with E-state index in [0.29, 0.717) is 10.9 Å². The van der Waals surface area contributed by atoms with Crippen molar-refractivity contribution < 1.29 is 23.9 Å². The summed E-state index contributed by atoms with van der Waals surface area (Å²) in [6.07, 6.45) is 2.79. The van der Waals surface area contributed by atoms with E-state index in [9.17, 15) is 24.3 Å². The number of carbonyl (C=O) groups excluding carboxylic acids is 3. The van der Waals surface area contributed by atoms with Crippen molar-refractivity contribution in [1.29, 1.82) is 0 Å². The molecule has 2 aromatic heterocycles. The molecule has 1 unspecified atom stereocenters. The normalized spacial score (nSPS) is 18.1. The molecule has 4 amide bonds. The number of imide groups is 1. The average molecular weight is 425 g/mol. The first-order valence-electron chi connectivity index (χ1n) is 9.34. The molecule has 3 aromatic rings. The molecule has 1 fully saturated rings. The lowest BCUT2D eigenvalue weighted by molar-refractivity contribution is -0.125. The number of fused-ring (bicyclic) bond motifs is 1. The fourth-order valence-corrected chi connectivity index (χ4v) is 3.67. The van der Waals surface area contributed by atoms with Crippen LogP contribution in [-0.2, 0) is 28.6 Å². The molecule has 0 radical (unpaired) electrons. The van der Waals surface area contributed by atoms with Gasteiger partial charge in [-0.05, 0) is 24.6 Å². The number of aryl methyl sites for hydroxylation is 2. The minimum atomic E-state index is -1.58. The molecule has 1 aliphatic heterocycles. The summed E-state index contributed by atoms with van der Waals surface area (Å²) in [4.78, 5) is 53.5. The van der Waals surface area contributed by atoms with Gasteiger partial charge in [0, 0.05) is 30.9 Å². The van der Waals surface area contributed by atoms with Crippen LogP contribution in [0.5, 0.6) is 5.75 Å². The van der Waals surface area contributed by atoms with Crippen LogP contribution < -0.4 is 21.6 Å². The SMILES string of the molecule is Cc1c(CC(=O)NCC2(c3nccn3C)NC(=O)NC2=O)c(=O)oc2cc(O)ccc12. The zero-order chi connectivity index (χ0) is 22.3. The van der Waals surface area contributed by atoms with Crippen molar-refractivity contribution in [3.8, 4) is 5.75 Å². The summed E-state index contributed by atoms with van der Waals surface area (Å²) in [5.41, 5.74) is -1.36. The molecule has 3 heterocycles. The predicted molar refractivity (Wildman–Crippen MR) is 107 cm³/mol. The van der Waals surface area contributed by atoms with Gasteiger partial charge in [-0.3, -0.25) is 14.9 Å². The summed E-state index contributed by atoms with van der Waals surface area (Å²) in [7, 11) is 1.66. The summed E-state index contributed by atoms with van der Waals surface area (Å²) in [6.45, 7) is 1.42. The summed E-state index contributed by atoms with van der Waals surface area (Å²) < 4.78 is 6.79. The number of carbonyl (C=O) groups is 3. The van der Waals surface area contributed by atoms with E-state index < -0.39 is 29.0 Å². The lowest BCUT2D eigenvalue weighted by Crippen LogP contribution is -2.54. The predicted octanol–water partition coefficient (Wildman–Crippen LogP) is -0.0659. The van der Waals surface area contributed by atoms with Gasteiger partial charge in [0.2, 0.25) is 5.91 Å². The topological polar surface area (TPSA) is 156 Å². The number of phenolic OH excluding ortho intramolecular Hbond substituents is 1. The van der Waals surface area contributed by atoms with Gasteiger partial charge >= 0.3 is 11.7 Å². The molecule has 160 valence electrons. The van der Waals surface area contributed by atoms with Crippen molar-refractivity contribution in [2.45, 2.75) is 18.9 Å². The lowest BCUT2D eigenvalue weighted by Gasteiger charge is -2.25. The van der Waals surface area contributed by atoms with Crippen molar-refractivity contribution >= 4 is 28.8 Å². The Morgan fingerprint density at radius 3 is 2.74 bits per heavy atom. The van der Waals surface area contributed by atoms with Crippen molar-refractivity contribution in [2.24, 2.45) is 7.05 Å². The number of hydrogen-bond donors (Lipinski definition) is 4. The highest BCUT2D eigenvalue weighted by molar-refractivity contribution is 6.07. The van der Waals surface area contributed by atoms with E-state index in [1.165, 1.54) is 18.3 Å². The third-order valence-electron chi connectivity index (χ3n) is 5.30. The monoisotopic (exact) mass is 425 g/mol. The van der Waals surface area contributed by atoms with Crippen LogP contribution in [0.3, 0.4) is 0 Å². The molecule has 0 spiro atoms. The summed E-state index contributed by atoms with van der Waals surface area (Å²) in [6, 6.07) is 3.68. The summed E-state index contributed by atoms with van der Waals surface area (Å²) in [5, 5.41) is 17.5. The van der Waals surface area contributed by atoms with Crippen LogP contribution in [0, 0.1) is 6.92 Å². The number of aromatic nitrogens is 2. The number of benzene rings is 1. The highest BCUT2D eigenvalue weighted by Gasteiger charge is 2.50. The Balaban J connectivity index is 1.58. The Hall–Kier alpha value is -4.15. The van der Waals surface area contributed by atoms with Gasteiger partial charge in [0.1, 0.15) is 17.2 Å². The van der Waals surface area contributed by atoms with Gasteiger partial charge in [0.05, 0.1) is 18.5 Å². The maximum Gasteiger partial charge on any atom is 0.340 e. The maximum absolute atomic E-state index is 12.6. The largest absolute Gasteiger partial charge is 0.508 e. The minimum Gasteiger partial charge on any atom is -0.508 e. The lowest BCUT2D eigenvalue weighted by atomic mass is 9.98. The van der Waals surface area contributed by atoms with Gasteiger partial charge in [-0.1, -0.05) is 0 Å². The zero-order valence-corrected chi connectivity index (χ0v) is 16.7. The van der Waals surface area contributed by atoms with E-state index in [1.807, 2.05) is 0 Å². The molecular weight excluding hydrogens is 406 g/mol. The van der Waals surface area contributed by atoms with Crippen LogP contribution in [0.1, 0.15) is 17.0 Å². The molecule has 4 N–H and O–H groups in total. The van der Waals surface area contributed by atoms with Crippen LogP contribution in [0.2, 0.25) is 0 Å². The summed E-state index contributed by atoms with van der Waals surface area (Å²) in [5.74, 6) is -0.987. The van der Waals surface area contributed by atoms with Crippen LogP contribution in [-0.4, -0.2) is 39.0 Å². The van der Waals surface area contributed by atoms with E-state index in [2.05, 4.69) is 20.9 Å². The van der Waals surface area contributed by atoms with Crippen LogP contribution in [0.15, 0.2) is 39.8 Å². The van der Waals surface area contributed by atoms with E-state index in [-0.39, 0.29) is 35.7 Å². The van der Waals surface area contributed by atoms with Crippen molar-refractivity contribution in [2.75, 3.05) is 6.54 Å². The van der Waals surface area contributed by atoms with E-state index in [0.717, 1.165) is 0 Å². The number of nitrogens with zero attached hydrogens (tertiary/aromatic N) is 2. The molecule has 1 atom stereocenters. The van der Waals surface area contributed by atoms with E-state index in [1.54, 1.807) is 30.8 Å². The van der Waals surface area contributed by atoms with Gasteiger partial charge in [-0.15, -0.1) is 0 Å². The highest BCUT2D eigenvalue weighted by atomic mass is 16.4. The molecule has 11 heteroatoms. The van der Waals surface area contributed by atoms with Crippen LogP contribution >= 0.6 is 0 Å². The molecule has 31 heavy (non-hydrogen) atoms. The summed E-state index contributed by atoms with van der Waals surface area (Å²) >= 11 is 0. The number of urea groups is 1. The third-order valence-corrected chi connectivity index (χ3v) is 5.30. The van der Waals surface area contributed by atoms with Gasteiger partial charge in [0.25, 0.3) is 5.91 Å². The quantitative estimate of drug-likeness (QED) is 0.329. The Bertz CT molecular complexity index is 1290. The second-order valence-corrected chi connectivity index (χ2v) is 7.30. The average Bonchev–Trinajstić information content (AvgIpc) is 3.26. The zero-order valence-electron chi connectivity index (χ0n) is 16.7. The molecule has 1 aromatic carbocycles. The Morgan fingerprint density at radius 2 is 2.10 bits per heavy atom. The molecule has 0 bridgehead atoms. The Labute approximate surface area is 175 Å². The van der Waals surface area contributed by atoms with Crippen molar-refractivity contribution in [3.05, 3.63) is 58.0 Å². The van der Waals surface area contributed by atoms with Crippen LogP contribution in [0.25, 0.3) is 11.0 Å².